The number of esters is 2. The number of carbonyl (C=O) groups excluding carboxylic acids is 2. The predicted octanol–water partition coefficient (Wildman–Crippen LogP) is 0.507. The summed E-state index contributed by atoms with van der Waals surface area (Å²) in [6.07, 6.45) is -5.41. The first-order valence-corrected chi connectivity index (χ1v) is 13.6. The molecule has 5 rings (SSSR count). The Morgan fingerprint density at radius 1 is 1.07 bits per heavy atom. The van der Waals surface area contributed by atoms with Crippen molar-refractivity contribution in [3.8, 4) is 5.75 Å². The van der Waals surface area contributed by atoms with Crippen molar-refractivity contribution in [2.45, 2.75) is 76.0 Å². The molecule has 40 heavy (non-hydrogen) atoms. The molecule has 2 aliphatic carbocycles. The fourth-order valence-electron chi connectivity index (χ4n) is 6.15. The minimum absolute atomic E-state index is 0.00933. The molecule has 11 nitrogen and oxygen atoms in total. The van der Waals surface area contributed by atoms with Crippen LogP contribution in [-0.2, 0) is 35.0 Å². The van der Waals surface area contributed by atoms with Crippen LogP contribution < -0.4 is 0 Å². The van der Waals surface area contributed by atoms with Gasteiger partial charge in [-0.2, -0.15) is 0 Å². The van der Waals surface area contributed by atoms with E-state index in [9.17, 15) is 35.1 Å². The summed E-state index contributed by atoms with van der Waals surface area (Å²) < 4.78 is 22.6. The van der Waals surface area contributed by atoms with E-state index in [1.165, 1.54) is 12.1 Å². The van der Waals surface area contributed by atoms with Gasteiger partial charge in [-0.15, -0.1) is 0 Å². The Morgan fingerprint density at radius 3 is 2.52 bits per heavy atom. The Kier molecular flexibility index (Phi) is 8.32. The van der Waals surface area contributed by atoms with Gasteiger partial charge in [-0.1, -0.05) is 30.7 Å². The van der Waals surface area contributed by atoms with Crippen molar-refractivity contribution in [3.63, 3.8) is 0 Å². The molecule has 11 heteroatoms. The van der Waals surface area contributed by atoms with Crippen LogP contribution in [0.3, 0.4) is 0 Å². The number of hydrogen-bond acceptors (Lipinski definition) is 11. The summed E-state index contributed by atoms with van der Waals surface area (Å²) in [6, 6.07) is 6.06. The van der Waals surface area contributed by atoms with Crippen LogP contribution in [0.1, 0.15) is 32.3 Å². The Morgan fingerprint density at radius 2 is 1.80 bits per heavy atom. The molecule has 5 N–H and O–H groups in total. The zero-order chi connectivity index (χ0) is 28.7. The summed E-state index contributed by atoms with van der Waals surface area (Å²) in [5.74, 6) is -1.60. The van der Waals surface area contributed by atoms with Crippen molar-refractivity contribution < 1.29 is 54.1 Å². The number of aliphatic hydroxyl groups excluding tert-OH is 4. The maximum Gasteiger partial charge on any atom is 0.310 e. The first kappa shape index (κ1) is 28.7. The summed E-state index contributed by atoms with van der Waals surface area (Å²) in [7, 11) is 0. The van der Waals surface area contributed by atoms with Crippen molar-refractivity contribution in [2.24, 2.45) is 17.8 Å². The molecule has 2 heterocycles. The van der Waals surface area contributed by atoms with Crippen molar-refractivity contribution in [1.82, 2.24) is 0 Å². The Hall–Kier alpha value is -2.80. The molecule has 0 bridgehead atoms. The van der Waals surface area contributed by atoms with Gasteiger partial charge in [-0.3, -0.25) is 9.59 Å². The molecule has 2 saturated heterocycles. The normalized spacial score (nSPS) is 37.4. The smallest absolute Gasteiger partial charge is 0.310 e. The van der Waals surface area contributed by atoms with E-state index in [1.54, 1.807) is 12.1 Å². The minimum atomic E-state index is -1.61. The average Bonchev–Trinajstić information content (AvgIpc) is 3.44. The van der Waals surface area contributed by atoms with E-state index in [-0.39, 0.29) is 49.1 Å². The maximum absolute atomic E-state index is 12.4. The van der Waals surface area contributed by atoms with Crippen molar-refractivity contribution in [1.29, 1.82) is 0 Å². The quantitative estimate of drug-likeness (QED) is 0.232. The molecule has 0 radical (unpaired) electrons. The molecular weight excluding hydrogens is 524 g/mol. The molecule has 1 aromatic rings. The summed E-state index contributed by atoms with van der Waals surface area (Å²) >= 11 is 0. The van der Waals surface area contributed by atoms with Gasteiger partial charge in [0.1, 0.15) is 42.9 Å². The number of aromatic hydroxyl groups is 1. The van der Waals surface area contributed by atoms with Crippen LogP contribution in [0.4, 0.5) is 0 Å². The molecule has 218 valence electrons. The molecule has 1 aromatic carbocycles. The number of rotatable bonds is 7. The lowest BCUT2D eigenvalue weighted by Crippen LogP contribution is -2.59. The Balaban J connectivity index is 1.22. The summed E-state index contributed by atoms with van der Waals surface area (Å²) in [4.78, 5) is 24.7. The second-order valence-electron chi connectivity index (χ2n) is 11.1. The summed E-state index contributed by atoms with van der Waals surface area (Å²) in [5, 5.41) is 51.5. The minimum Gasteiger partial charge on any atom is -0.508 e. The molecule has 0 amide bonds. The second-order valence-corrected chi connectivity index (χ2v) is 11.1. The molecule has 0 unspecified atom stereocenters. The zero-order valence-electron chi connectivity index (χ0n) is 22.4. The van der Waals surface area contributed by atoms with Crippen molar-refractivity contribution >= 4 is 11.9 Å². The van der Waals surface area contributed by atoms with Crippen LogP contribution in [0.5, 0.6) is 5.75 Å². The van der Waals surface area contributed by atoms with Gasteiger partial charge >= 0.3 is 11.9 Å². The van der Waals surface area contributed by atoms with E-state index < -0.39 is 48.9 Å². The van der Waals surface area contributed by atoms with Crippen molar-refractivity contribution in [3.05, 3.63) is 52.6 Å². The van der Waals surface area contributed by atoms with Gasteiger partial charge in [-0.05, 0) is 48.6 Å². The number of benzene rings is 1. The number of aliphatic hydroxyl groups is 4. The lowest BCUT2D eigenvalue weighted by atomic mass is 9.80. The van der Waals surface area contributed by atoms with Gasteiger partial charge in [0, 0.05) is 11.8 Å². The lowest BCUT2D eigenvalue weighted by Gasteiger charge is -2.40. The fourth-order valence-corrected chi connectivity index (χ4v) is 6.15. The van der Waals surface area contributed by atoms with Crippen LogP contribution in [0.15, 0.2) is 47.1 Å². The van der Waals surface area contributed by atoms with Crippen LogP contribution in [-0.4, -0.2) is 93.6 Å². The van der Waals surface area contributed by atoms with Gasteiger partial charge in [0.15, 0.2) is 6.29 Å². The molecule has 2 aliphatic heterocycles. The van der Waals surface area contributed by atoms with E-state index >= 15 is 0 Å². The van der Waals surface area contributed by atoms with Crippen LogP contribution in [0.2, 0.25) is 0 Å². The SMILES string of the molecule is CC1=C2CC=C(CO[C@@H]3O[C@H](COC(=O)Cc4ccc(O)cc4)[C@@H](O)[C@H](O)[C@H]3O)[C@@H]2[C@H]2OC(=O)[C@@H](C)[C@@H]2C[C@H]1O. The van der Waals surface area contributed by atoms with E-state index in [0.717, 1.165) is 16.7 Å². The first-order valence-electron chi connectivity index (χ1n) is 13.6. The summed E-state index contributed by atoms with van der Waals surface area (Å²) in [6.45, 7) is 3.31. The molecule has 0 spiro atoms. The van der Waals surface area contributed by atoms with Gasteiger partial charge in [0.05, 0.1) is 25.0 Å². The zero-order valence-corrected chi connectivity index (χ0v) is 22.4. The largest absolute Gasteiger partial charge is 0.508 e. The van der Waals surface area contributed by atoms with Crippen LogP contribution in [0, 0.1) is 17.8 Å². The van der Waals surface area contributed by atoms with Crippen LogP contribution >= 0.6 is 0 Å². The maximum atomic E-state index is 12.4. The average molecular weight is 561 g/mol. The van der Waals surface area contributed by atoms with E-state index in [2.05, 4.69) is 0 Å². The second kappa shape index (κ2) is 11.6. The number of phenolic OH excluding ortho intramolecular Hbond substituents is 1. The molecular formula is C29H36O11. The highest BCUT2D eigenvalue weighted by atomic mass is 16.7. The molecule has 0 aromatic heterocycles. The third-order valence-electron chi connectivity index (χ3n) is 8.65. The highest BCUT2D eigenvalue weighted by molar-refractivity contribution is 5.75. The number of allylic oxidation sites excluding steroid dienone is 1. The summed E-state index contributed by atoms with van der Waals surface area (Å²) in [5.41, 5.74) is 3.28. The van der Waals surface area contributed by atoms with Gasteiger partial charge in [0.25, 0.3) is 0 Å². The number of phenols is 1. The van der Waals surface area contributed by atoms with E-state index in [4.69, 9.17) is 18.9 Å². The molecule has 10 atom stereocenters. The highest BCUT2D eigenvalue weighted by Gasteiger charge is 2.52. The highest BCUT2D eigenvalue weighted by Crippen LogP contribution is 2.49. The topological polar surface area (TPSA) is 172 Å². The predicted molar refractivity (Wildman–Crippen MR) is 137 cm³/mol. The van der Waals surface area contributed by atoms with Gasteiger partial charge < -0.3 is 44.5 Å². The number of fused-ring (bicyclic) bond motifs is 3. The van der Waals surface area contributed by atoms with E-state index in [0.29, 0.717) is 18.4 Å². The standard InChI is InChI=1S/C29H36O11/c1-13-18-8-5-16(23(18)27-19(10-20(13)31)14(2)28(36)40-27)11-38-29-26(35)25(34)24(33)21(39-29)12-37-22(32)9-15-3-6-17(30)7-4-15/h3-7,14,19-21,23-27,29-31,33-35H,8-12H2,1-2H3/t14-,19-,20+,21+,23-,24+,25-,26+,27-,29+/m0/s1. The third-order valence-corrected chi connectivity index (χ3v) is 8.65. The Bertz CT molecular complexity index is 1170. The molecule has 0 saturated carbocycles. The number of carbonyl (C=O) groups is 2. The third kappa shape index (κ3) is 5.54. The van der Waals surface area contributed by atoms with E-state index in [1.807, 2.05) is 19.9 Å². The first-order chi connectivity index (χ1) is 19.0. The van der Waals surface area contributed by atoms with Crippen LogP contribution in [0.25, 0.3) is 0 Å². The molecule has 4 aliphatic rings. The van der Waals surface area contributed by atoms with Gasteiger partial charge in [0.2, 0.25) is 0 Å². The monoisotopic (exact) mass is 560 g/mol. The Labute approximate surface area is 231 Å². The van der Waals surface area contributed by atoms with Crippen molar-refractivity contribution in [2.75, 3.05) is 13.2 Å². The molecule has 2 fully saturated rings. The fraction of sp³-hybridized carbons (Fsp3) is 0.586. The lowest BCUT2D eigenvalue weighted by molar-refractivity contribution is -0.299. The van der Waals surface area contributed by atoms with Gasteiger partial charge in [-0.25, -0.2) is 0 Å². The number of ether oxygens (including phenoxy) is 4. The number of hydrogen-bond donors (Lipinski definition) is 5.